The number of benzene rings is 1. The number of furan rings is 1. The zero-order valence-corrected chi connectivity index (χ0v) is 14.3. The number of hydrogen-bond donors (Lipinski definition) is 2. The number of piperidine rings is 1. The molecule has 1 aromatic heterocycles. The molecule has 1 aliphatic heterocycles. The van der Waals surface area contributed by atoms with Gasteiger partial charge in [0.25, 0.3) is 5.91 Å². The van der Waals surface area contributed by atoms with Crippen molar-refractivity contribution in [2.24, 2.45) is 0 Å². The van der Waals surface area contributed by atoms with Gasteiger partial charge in [-0.2, -0.15) is 0 Å². The number of carbonyl (C=O) groups is 1. The molecule has 0 spiro atoms. The first-order valence-electron chi connectivity index (χ1n) is 9.01. The Bertz CT molecular complexity index is 735. The van der Waals surface area contributed by atoms with E-state index in [9.17, 15) is 9.90 Å². The summed E-state index contributed by atoms with van der Waals surface area (Å²) in [6.07, 6.45) is 6.55. The molecule has 25 heavy (non-hydrogen) atoms. The molecule has 1 aromatic carbocycles. The molecule has 2 N–H and O–H groups in total. The Morgan fingerprint density at radius 2 is 2.08 bits per heavy atom. The lowest BCUT2D eigenvalue weighted by Crippen LogP contribution is -2.48. The highest BCUT2D eigenvalue weighted by molar-refractivity contribution is 5.93. The maximum atomic E-state index is 12.3. The first-order chi connectivity index (χ1) is 12.2. The Kier molecular flexibility index (Phi) is 4.36. The maximum Gasteiger partial charge on any atom is 0.257 e. The van der Waals surface area contributed by atoms with Gasteiger partial charge in [-0.1, -0.05) is 24.3 Å². The van der Waals surface area contributed by atoms with Gasteiger partial charge in [0.1, 0.15) is 11.9 Å². The molecule has 2 aliphatic rings. The van der Waals surface area contributed by atoms with Gasteiger partial charge in [0.15, 0.2) is 0 Å². The second kappa shape index (κ2) is 6.65. The number of fused-ring (bicyclic) bond motifs is 1. The van der Waals surface area contributed by atoms with Crippen LogP contribution in [0.4, 0.5) is 0 Å². The highest BCUT2D eigenvalue weighted by atomic mass is 16.3. The molecule has 0 unspecified atom stereocenters. The van der Waals surface area contributed by atoms with E-state index in [0.29, 0.717) is 18.2 Å². The van der Waals surface area contributed by atoms with Crippen LogP contribution in [0.2, 0.25) is 0 Å². The maximum absolute atomic E-state index is 12.3. The molecule has 1 aliphatic carbocycles. The van der Waals surface area contributed by atoms with Crippen molar-refractivity contribution in [3.63, 3.8) is 0 Å². The van der Waals surface area contributed by atoms with E-state index >= 15 is 0 Å². The summed E-state index contributed by atoms with van der Waals surface area (Å²) in [6, 6.07) is 10.2. The summed E-state index contributed by atoms with van der Waals surface area (Å²) in [6.45, 7) is 2.04. The molecule has 1 fully saturated rings. The molecule has 5 heteroatoms. The van der Waals surface area contributed by atoms with Gasteiger partial charge in [-0.25, -0.2) is 0 Å². The van der Waals surface area contributed by atoms with E-state index in [1.54, 1.807) is 6.07 Å². The SMILES string of the molecule is O=C(c1ccoc1)N1CCC(NC[C@]2(O)CCc3ccccc32)CC1. The Morgan fingerprint density at radius 3 is 2.84 bits per heavy atom. The van der Waals surface area contributed by atoms with Crippen molar-refractivity contribution >= 4 is 5.91 Å². The molecule has 132 valence electrons. The zero-order chi connectivity index (χ0) is 17.3. The largest absolute Gasteiger partial charge is 0.472 e. The van der Waals surface area contributed by atoms with E-state index in [1.165, 1.54) is 18.1 Å². The molecule has 1 amide bonds. The molecule has 0 saturated carbocycles. The Labute approximate surface area is 147 Å². The van der Waals surface area contributed by atoms with Crippen LogP contribution in [-0.4, -0.2) is 41.6 Å². The fourth-order valence-electron chi connectivity index (χ4n) is 4.02. The third-order valence-corrected chi connectivity index (χ3v) is 5.56. The van der Waals surface area contributed by atoms with Crippen molar-refractivity contribution in [3.05, 3.63) is 59.5 Å². The first-order valence-corrected chi connectivity index (χ1v) is 9.01. The number of likely N-dealkylation sites (tertiary alicyclic amines) is 1. The van der Waals surface area contributed by atoms with Crippen molar-refractivity contribution in [1.82, 2.24) is 10.2 Å². The van der Waals surface area contributed by atoms with E-state index in [0.717, 1.165) is 44.3 Å². The fraction of sp³-hybridized carbons (Fsp3) is 0.450. The number of carbonyl (C=O) groups excluding carboxylic acids is 1. The Balaban J connectivity index is 1.30. The lowest BCUT2D eigenvalue weighted by Gasteiger charge is -2.34. The minimum atomic E-state index is -0.764. The van der Waals surface area contributed by atoms with Gasteiger partial charge in [-0.3, -0.25) is 4.79 Å². The van der Waals surface area contributed by atoms with Gasteiger partial charge < -0.3 is 19.7 Å². The minimum Gasteiger partial charge on any atom is -0.472 e. The molecular weight excluding hydrogens is 316 g/mol. The number of aryl methyl sites for hydroxylation is 1. The first kappa shape index (κ1) is 16.4. The average Bonchev–Trinajstić information content (AvgIpc) is 3.30. The van der Waals surface area contributed by atoms with Crippen LogP contribution in [0, 0.1) is 0 Å². The van der Waals surface area contributed by atoms with Crippen molar-refractivity contribution in [2.75, 3.05) is 19.6 Å². The number of aliphatic hydroxyl groups is 1. The van der Waals surface area contributed by atoms with Crippen LogP contribution in [0.25, 0.3) is 0 Å². The van der Waals surface area contributed by atoms with E-state index < -0.39 is 5.60 Å². The summed E-state index contributed by atoms with van der Waals surface area (Å²) in [7, 11) is 0. The third kappa shape index (κ3) is 3.22. The number of hydrogen-bond acceptors (Lipinski definition) is 4. The number of amides is 1. The van der Waals surface area contributed by atoms with Gasteiger partial charge >= 0.3 is 0 Å². The van der Waals surface area contributed by atoms with Crippen LogP contribution >= 0.6 is 0 Å². The molecule has 2 aromatic rings. The van der Waals surface area contributed by atoms with E-state index in [1.807, 2.05) is 23.1 Å². The van der Waals surface area contributed by atoms with Gasteiger partial charge in [0.2, 0.25) is 0 Å². The molecule has 2 heterocycles. The van der Waals surface area contributed by atoms with Gasteiger partial charge in [0.05, 0.1) is 11.8 Å². The standard InChI is InChI=1S/C20H24N2O3/c23-19(16-8-12-25-13-16)22-10-6-17(7-11-22)21-14-20(24)9-5-15-3-1-2-4-18(15)20/h1-4,8,12-13,17,21,24H,5-7,9-11,14H2/t20-/m1/s1. The Morgan fingerprint density at radius 1 is 1.28 bits per heavy atom. The van der Waals surface area contributed by atoms with Gasteiger partial charge in [-0.05, 0) is 42.9 Å². The van der Waals surface area contributed by atoms with Gasteiger partial charge in [-0.15, -0.1) is 0 Å². The van der Waals surface area contributed by atoms with Crippen molar-refractivity contribution in [3.8, 4) is 0 Å². The summed E-state index contributed by atoms with van der Waals surface area (Å²) in [4.78, 5) is 14.2. The highest BCUT2D eigenvalue weighted by Gasteiger charge is 2.37. The fourth-order valence-corrected chi connectivity index (χ4v) is 4.02. The smallest absolute Gasteiger partial charge is 0.257 e. The van der Waals surface area contributed by atoms with Crippen LogP contribution < -0.4 is 5.32 Å². The quantitative estimate of drug-likeness (QED) is 0.896. The molecule has 0 bridgehead atoms. The van der Waals surface area contributed by atoms with Crippen LogP contribution in [0.3, 0.4) is 0 Å². The molecule has 5 nitrogen and oxygen atoms in total. The number of nitrogens with one attached hydrogen (secondary N) is 1. The van der Waals surface area contributed by atoms with Crippen LogP contribution in [0.15, 0.2) is 47.3 Å². The van der Waals surface area contributed by atoms with Crippen LogP contribution in [-0.2, 0) is 12.0 Å². The van der Waals surface area contributed by atoms with Crippen LogP contribution in [0.5, 0.6) is 0 Å². The predicted molar refractivity (Wildman–Crippen MR) is 94.3 cm³/mol. The summed E-state index contributed by atoms with van der Waals surface area (Å²) in [5, 5.41) is 14.5. The van der Waals surface area contributed by atoms with E-state index in [2.05, 4.69) is 11.4 Å². The van der Waals surface area contributed by atoms with E-state index in [-0.39, 0.29) is 5.91 Å². The molecule has 4 rings (SSSR count). The second-order valence-electron chi connectivity index (χ2n) is 7.15. The van der Waals surface area contributed by atoms with Crippen molar-refractivity contribution in [1.29, 1.82) is 0 Å². The second-order valence-corrected chi connectivity index (χ2v) is 7.15. The van der Waals surface area contributed by atoms with Gasteiger partial charge in [0, 0.05) is 25.7 Å². The third-order valence-electron chi connectivity index (χ3n) is 5.56. The molecule has 0 radical (unpaired) electrons. The topological polar surface area (TPSA) is 65.7 Å². The summed E-state index contributed by atoms with van der Waals surface area (Å²) in [5.41, 5.74) is 2.17. The molecule has 1 atom stereocenters. The van der Waals surface area contributed by atoms with Crippen LogP contribution in [0.1, 0.15) is 40.7 Å². The normalized spacial score (nSPS) is 23.6. The highest BCUT2D eigenvalue weighted by Crippen LogP contribution is 2.36. The average molecular weight is 340 g/mol. The number of nitrogens with zero attached hydrogens (tertiary/aromatic N) is 1. The number of rotatable bonds is 4. The summed E-state index contributed by atoms with van der Waals surface area (Å²) >= 11 is 0. The monoisotopic (exact) mass is 340 g/mol. The Hall–Kier alpha value is -2.11. The zero-order valence-electron chi connectivity index (χ0n) is 14.3. The minimum absolute atomic E-state index is 0.0375. The summed E-state index contributed by atoms with van der Waals surface area (Å²) < 4.78 is 5.00. The van der Waals surface area contributed by atoms with Crippen molar-refractivity contribution in [2.45, 2.75) is 37.3 Å². The summed E-state index contributed by atoms with van der Waals surface area (Å²) in [5.74, 6) is 0.0375. The molecular formula is C20H24N2O3. The lowest BCUT2D eigenvalue weighted by molar-refractivity contribution is 0.0323. The molecule has 1 saturated heterocycles. The van der Waals surface area contributed by atoms with Crippen molar-refractivity contribution < 1.29 is 14.3 Å². The van der Waals surface area contributed by atoms with E-state index in [4.69, 9.17) is 4.42 Å². The lowest BCUT2D eigenvalue weighted by atomic mass is 9.94. The predicted octanol–water partition coefficient (Wildman–Crippen LogP) is 2.31.